The Bertz CT molecular complexity index is 499. The summed E-state index contributed by atoms with van der Waals surface area (Å²) in [5.41, 5.74) is 1.02. The van der Waals surface area contributed by atoms with Crippen molar-refractivity contribution < 1.29 is 14.7 Å². The molecule has 0 spiro atoms. The second-order valence-corrected chi connectivity index (χ2v) is 6.01. The fraction of sp³-hybridized carbons (Fsp3) is 0.615. The third-order valence-electron chi connectivity index (χ3n) is 3.50. The van der Waals surface area contributed by atoms with Crippen LogP contribution in [-0.4, -0.2) is 28.1 Å². The van der Waals surface area contributed by atoms with E-state index in [1.807, 2.05) is 12.3 Å². The van der Waals surface area contributed by atoms with E-state index in [0.717, 1.165) is 18.5 Å². The van der Waals surface area contributed by atoms with Crippen LogP contribution in [0.4, 0.5) is 9.93 Å². The Labute approximate surface area is 121 Å². The van der Waals surface area contributed by atoms with Crippen LogP contribution in [0.25, 0.3) is 0 Å². The number of anilines is 1. The number of thiazole rings is 1. The van der Waals surface area contributed by atoms with Crippen LogP contribution in [0.1, 0.15) is 44.7 Å². The van der Waals surface area contributed by atoms with Gasteiger partial charge in [0.15, 0.2) is 5.13 Å². The average Bonchev–Trinajstić information content (AvgIpc) is 3.16. The third kappa shape index (κ3) is 3.69. The Kier molecular flexibility index (Phi) is 4.59. The fourth-order valence-electron chi connectivity index (χ4n) is 1.87. The van der Waals surface area contributed by atoms with E-state index in [1.165, 1.54) is 11.3 Å². The molecular weight excluding hydrogens is 278 g/mol. The molecule has 1 aromatic heterocycles. The van der Waals surface area contributed by atoms with Crippen LogP contribution in [0.2, 0.25) is 0 Å². The summed E-state index contributed by atoms with van der Waals surface area (Å²) < 4.78 is 0. The maximum atomic E-state index is 11.8. The Morgan fingerprint density at radius 1 is 1.55 bits per heavy atom. The zero-order chi connectivity index (χ0) is 14.7. The van der Waals surface area contributed by atoms with Crippen molar-refractivity contribution in [1.29, 1.82) is 0 Å². The summed E-state index contributed by atoms with van der Waals surface area (Å²) in [6.07, 6.45) is 3.00. The smallest absolute Gasteiger partial charge is 0.326 e. The highest BCUT2D eigenvalue weighted by Gasteiger charge is 2.27. The molecule has 0 aromatic carbocycles. The molecule has 1 fully saturated rings. The van der Waals surface area contributed by atoms with Gasteiger partial charge < -0.3 is 10.4 Å². The van der Waals surface area contributed by atoms with Gasteiger partial charge in [-0.15, -0.1) is 11.3 Å². The van der Waals surface area contributed by atoms with Crippen LogP contribution >= 0.6 is 11.3 Å². The molecule has 0 unspecified atom stereocenters. The van der Waals surface area contributed by atoms with E-state index >= 15 is 0 Å². The molecule has 1 aliphatic carbocycles. The molecule has 110 valence electrons. The van der Waals surface area contributed by atoms with Crippen molar-refractivity contribution in [2.45, 2.75) is 45.1 Å². The second kappa shape index (κ2) is 6.21. The van der Waals surface area contributed by atoms with Crippen LogP contribution in [0.5, 0.6) is 0 Å². The molecule has 0 saturated heterocycles. The normalized spacial score (nSPS) is 17.3. The van der Waals surface area contributed by atoms with Gasteiger partial charge in [-0.05, 0) is 18.8 Å². The van der Waals surface area contributed by atoms with Crippen LogP contribution in [0, 0.1) is 5.92 Å². The van der Waals surface area contributed by atoms with Gasteiger partial charge in [0.25, 0.3) is 0 Å². The molecule has 1 heterocycles. The number of aliphatic carboxylic acids is 1. The Balaban J connectivity index is 1.91. The second-order valence-electron chi connectivity index (χ2n) is 5.15. The van der Waals surface area contributed by atoms with Crippen LogP contribution in [0.15, 0.2) is 5.38 Å². The first-order valence-electron chi connectivity index (χ1n) is 6.77. The lowest BCUT2D eigenvalue weighted by Gasteiger charge is -2.19. The van der Waals surface area contributed by atoms with E-state index in [4.69, 9.17) is 5.11 Å². The van der Waals surface area contributed by atoms with Crippen LogP contribution in [-0.2, 0) is 4.79 Å². The van der Waals surface area contributed by atoms with Gasteiger partial charge in [-0.2, -0.15) is 0 Å². The van der Waals surface area contributed by atoms with Crippen molar-refractivity contribution in [3.05, 3.63) is 11.1 Å². The molecule has 6 nitrogen and oxygen atoms in total. The molecule has 0 bridgehead atoms. The quantitative estimate of drug-likeness (QED) is 0.752. The van der Waals surface area contributed by atoms with E-state index < -0.39 is 18.0 Å². The first-order valence-corrected chi connectivity index (χ1v) is 7.65. The summed E-state index contributed by atoms with van der Waals surface area (Å²) >= 11 is 1.37. The number of nitrogens with zero attached hydrogens (tertiary/aromatic N) is 1. The molecule has 1 aliphatic rings. The predicted molar refractivity (Wildman–Crippen MR) is 77.1 cm³/mol. The third-order valence-corrected chi connectivity index (χ3v) is 4.28. The maximum absolute atomic E-state index is 11.8. The van der Waals surface area contributed by atoms with E-state index in [2.05, 4.69) is 15.6 Å². The lowest BCUT2D eigenvalue weighted by atomic mass is 10.00. The van der Waals surface area contributed by atoms with Crippen molar-refractivity contribution in [3.8, 4) is 0 Å². The largest absolute Gasteiger partial charge is 0.480 e. The lowest BCUT2D eigenvalue weighted by Crippen LogP contribution is -2.46. The number of carbonyl (C=O) groups is 2. The number of carbonyl (C=O) groups excluding carboxylic acids is 1. The van der Waals surface area contributed by atoms with Gasteiger partial charge in [-0.25, -0.2) is 14.6 Å². The number of hydrogen-bond acceptors (Lipinski definition) is 4. The molecule has 2 amide bonds. The summed E-state index contributed by atoms with van der Waals surface area (Å²) in [5, 5.41) is 16.7. The molecule has 0 radical (unpaired) electrons. The minimum atomic E-state index is -1.02. The summed E-state index contributed by atoms with van der Waals surface area (Å²) in [7, 11) is 0. The Morgan fingerprint density at radius 3 is 2.80 bits per heavy atom. The van der Waals surface area contributed by atoms with Crippen LogP contribution in [0.3, 0.4) is 0 Å². The van der Waals surface area contributed by atoms with Crippen molar-refractivity contribution in [3.63, 3.8) is 0 Å². The van der Waals surface area contributed by atoms with E-state index in [9.17, 15) is 9.59 Å². The van der Waals surface area contributed by atoms with Gasteiger partial charge in [-0.1, -0.05) is 20.3 Å². The summed E-state index contributed by atoms with van der Waals surface area (Å²) in [5.74, 6) is -0.611. The SMILES string of the molecule is CC[C@H](C)[C@H](NC(=O)Nc1nc(C2CC2)cs1)C(=O)O. The predicted octanol–water partition coefficient (Wildman–Crippen LogP) is 2.64. The van der Waals surface area contributed by atoms with Gasteiger partial charge in [0.1, 0.15) is 6.04 Å². The minimum Gasteiger partial charge on any atom is -0.480 e. The molecule has 3 N–H and O–H groups in total. The number of carboxylic acids is 1. The first-order chi connectivity index (χ1) is 9.51. The molecule has 0 aliphatic heterocycles. The zero-order valence-corrected chi connectivity index (χ0v) is 12.4. The number of amides is 2. The number of aromatic nitrogens is 1. The monoisotopic (exact) mass is 297 g/mol. The molecule has 2 atom stereocenters. The summed E-state index contributed by atoms with van der Waals surface area (Å²) in [4.78, 5) is 27.3. The number of rotatable bonds is 6. The molecule has 1 aromatic rings. The molecule has 20 heavy (non-hydrogen) atoms. The van der Waals surface area contributed by atoms with Crippen molar-refractivity contribution in [2.24, 2.45) is 5.92 Å². The van der Waals surface area contributed by atoms with Gasteiger partial charge in [0.05, 0.1) is 5.69 Å². The van der Waals surface area contributed by atoms with E-state index in [-0.39, 0.29) is 5.92 Å². The fourth-order valence-corrected chi connectivity index (χ4v) is 2.65. The van der Waals surface area contributed by atoms with Gasteiger partial charge >= 0.3 is 12.0 Å². The number of urea groups is 1. The van der Waals surface area contributed by atoms with Crippen molar-refractivity contribution in [1.82, 2.24) is 10.3 Å². The van der Waals surface area contributed by atoms with E-state index in [0.29, 0.717) is 17.5 Å². The Morgan fingerprint density at radius 2 is 2.25 bits per heavy atom. The molecule has 1 saturated carbocycles. The standard InChI is InChI=1S/C13H19N3O3S/c1-3-7(2)10(11(17)18)15-12(19)16-13-14-9(6-20-13)8-4-5-8/h6-8,10H,3-5H2,1-2H3,(H,17,18)(H2,14,15,16,19)/t7-,10-/m0/s1. The topological polar surface area (TPSA) is 91.3 Å². The summed E-state index contributed by atoms with van der Waals surface area (Å²) in [6.45, 7) is 3.69. The number of hydrogen-bond donors (Lipinski definition) is 3. The molecule has 7 heteroatoms. The molecular formula is C13H19N3O3S. The first kappa shape index (κ1) is 14.8. The summed E-state index contributed by atoms with van der Waals surface area (Å²) in [6, 6.07) is -1.41. The maximum Gasteiger partial charge on any atom is 0.326 e. The Hall–Kier alpha value is -1.63. The highest BCUT2D eigenvalue weighted by Crippen LogP contribution is 2.40. The zero-order valence-electron chi connectivity index (χ0n) is 11.5. The van der Waals surface area contributed by atoms with Gasteiger partial charge in [0, 0.05) is 11.3 Å². The van der Waals surface area contributed by atoms with Crippen molar-refractivity contribution in [2.75, 3.05) is 5.32 Å². The average molecular weight is 297 g/mol. The number of carboxylic acid groups (broad SMARTS) is 1. The van der Waals surface area contributed by atoms with E-state index in [1.54, 1.807) is 6.92 Å². The highest BCUT2D eigenvalue weighted by molar-refractivity contribution is 7.13. The van der Waals surface area contributed by atoms with Gasteiger partial charge in [-0.3, -0.25) is 5.32 Å². The molecule has 2 rings (SSSR count). The van der Waals surface area contributed by atoms with Crippen molar-refractivity contribution >= 4 is 28.5 Å². The van der Waals surface area contributed by atoms with Gasteiger partial charge in [0.2, 0.25) is 0 Å². The highest BCUT2D eigenvalue weighted by atomic mass is 32.1. The number of nitrogens with one attached hydrogen (secondary N) is 2. The van der Waals surface area contributed by atoms with Crippen LogP contribution < -0.4 is 10.6 Å². The minimum absolute atomic E-state index is 0.128. The lowest BCUT2D eigenvalue weighted by molar-refractivity contribution is -0.140.